The van der Waals surface area contributed by atoms with Crippen LogP contribution in [0.15, 0.2) is 24.4 Å². The van der Waals surface area contributed by atoms with Crippen molar-refractivity contribution in [2.24, 2.45) is 11.8 Å². The molecule has 38 heavy (non-hydrogen) atoms. The van der Waals surface area contributed by atoms with E-state index in [0.29, 0.717) is 18.6 Å². The first-order valence-corrected chi connectivity index (χ1v) is 13.7. The molecule has 2 fully saturated rings. The van der Waals surface area contributed by atoms with Crippen molar-refractivity contribution < 1.29 is 27.6 Å². The summed E-state index contributed by atoms with van der Waals surface area (Å²) in [5.74, 6) is -0.429. The minimum absolute atomic E-state index is 0.0127. The van der Waals surface area contributed by atoms with Crippen molar-refractivity contribution in [1.82, 2.24) is 14.8 Å². The highest BCUT2D eigenvalue weighted by Crippen LogP contribution is 2.36. The molecule has 0 spiro atoms. The molecule has 4 rings (SSSR count). The van der Waals surface area contributed by atoms with Gasteiger partial charge in [-0.2, -0.15) is 13.2 Å². The quantitative estimate of drug-likeness (QED) is 0.425. The molecule has 2 heterocycles. The van der Waals surface area contributed by atoms with Gasteiger partial charge in [0.1, 0.15) is 5.78 Å². The Kier molecular flexibility index (Phi) is 8.65. The molecule has 1 saturated carbocycles. The lowest BCUT2D eigenvalue weighted by Gasteiger charge is -2.35. The molecule has 3 unspecified atom stereocenters. The first-order valence-electron chi connectivity index (χ1n) is 13.7. The first kappa shape index (κ1) is 28.3. The number of halogens is 3. The van der Waals surface area contributed by atoms with Gasteiger partial charge in [-0.05, 0) is 70.7 Å². The maximum atomic E-state index is 14.0. The summed E-state index contributed by atoms with van der Waals surface area (Å²) in [5.41, 5.74) is -0.00299. The third-order valence-corrected chi connectivity index (χ3v) is 8.53. The largest absolute Gasteiger partial charge is 0.416 e. The third kappa shape index (κ3) is 5.98. The highest BCUT2D eigenvalue weighted by molar-refractivity contribution is 6.07. The van der Waals surface area contributed by atoms with E-state index in [1.807, 2.05) is 16.4 Å². The van der Waals surface area contributed by atoms with Crippen LogP contribution in [-0.4, -0.2) is 52.6 Å². The second-order valence-electron chi connectivity index (χ2n) is 11.0. The number of rotatable bonds is 9. The van der Waals surface area contributed by atoms with Crippen molar-refractivity contribution in [3.63, 3.8) is 0 Å². The van der Waals surface area contributed by atoms with E-state index in [-0.39, 0.29) is 58.8 Å². The Morgan fingerprint density at radius 2 is 1.79 bits per heavy atom. The number of nitrogens with zero attached hydrogens (tertiary/aromatic N) is 2. The van der Waals surface area contributed by atoms with Gasteiger partial charge in [-0.25, -0.2) is 0 Å². The van der Waals surface area contributed by atoms with Gasteiger partial charge in [0.05, 0.1) is 11.6 Å². The van der Waals surface area contributed by atoms with Gasteiger partial charge in [-0.1, -0.05) is 19.3 Å². The van der Waals surface area contributed by atoms with Gasteiger partial charge >= 0.3 is 6.18 Å². The monoisotopic (exact) mass is 533 g/mol. The predicted octanol–water partition coefficient (Wildman–Crippen LogP) is 5.62. The number of carbonyl (C=O) groups excluding carboxylic acids is 3. The fourth-order valence-electron chi connectivity index (χ4n) is 6.21. The number of likely N-dealkylation sites (N-methyl/N-ethyl adjacent to an activating group) is 1. The van der Waals surface area contributed by atoms with Crippen LogP contribution in [0, 0.1) is 11.8 Å². The Hall–Kier alpha value is -2.68. The normalized spacial score (nSPS) is 20.6. The number of amides is 1. The van der Waals surface area contributed by atoms with Gasteiger partial charge in [0, 0.05) is 54.1 Å². The van der Waals surface area contributed by atoms with Crippen molar-refractivity contribution in [3.8, 4) is 0 Å². The summed E-state index contributed by atoms with van der Waals surface area (Å²) >= 11 is 0. The second-order valence-corrected chi connectivity index (χ2v) is 11.0. The van der Waals surface area contributed by atoms with E-state index in [1.54, 1.807) is 13.2 Å². The Morgan fingerprint density at radius 1 is 1.08 bits per heavy atom. The van der Waals surface area contributed by atoms with Crippen LogP contribution < -0.4 is 5.32 Å². The standard InChI is InChI=1S/C29H38F3N3O3/c1-18(33-3)27(37)15-23(20-8-5-4-6-9-20)28(38)35-13-7-10-22(35)16-34-17-25(19(2)36)24-14-21(29(30,31)32)11-12-26(24)34/h11-12,14,17-18,20,22-23,33H,4-10,13,15-16H2,1-3H3. The van der Waals surface area contributed by atoms with E-state index >= 15 is 0 Å². The Morgan fingerprint density at radius 3 is 2.42 bits per heavy atom. The van der Waals surface area contributed by atoms with Crippen LogP contribution in [-0.2, 0) is 22.3 Å². The molecule has 2 aromatic rings. The molecule has 1 aliphatic carbocycles. The van der Waals surface area contributed by atoms with Gasteiger partial charge < -0.3 is 14.8 Å². The summed E-state index contributed by atoms with van der Waals surface area (Å²) in [6, 6.07) is 3.01. The summed E-state index contributed by atoms with van der Waals surface area (Å²) < 4.78 is 41.9. The molecule has 208 valence electrons. The number of nitrogens with one attached hydrogen (secondary N) is 1. The zero-order chi connectivity index (χ0) is 27.6. The number of benzene rings is 1. The Bertz CT molecular complexity index is 1180. The number of carbonyl (C=O) groups is 3. The molecule has 1 amide bonds. The first-order chi connectivity index (χ1) is 18.0. The lowest BCUT2D eigenvalue weighted by Crippen LogP contribution is -2.45. The van der Waals surface area contributed by atoms with E-state index in [1.165, 1.54) is 13.0 Å². The van der Waals surface area contributed by atoms with Crippen molar-refractivity contribution in [3.05, 3.63) is 35.5 Å². The number of aromatic nitrogens is 1. The molecule has 9 heteroatoms. The molecule has 6 nitrogen and oxygen atoms in total. The summed E-state index contributed by atoms with van der Waals surface area (Å²) in [6.07, 6.45) is 4.10. The van der Waals surface area contributed by atoms with Gasteiger partial charge in [0.15, 0.2) is 5.78 Å². The number of likely N-dealkylation sites (tertiary alicyclic amines) is 1. The molecule has 0 radical (unpaired) electrons. The van der Waals surface area contributed by atoms with E-state index in [4.69, 9.17) is 0 Å². The van der Waals surface area contributed by atoms with Crippen LogP contribution in [0.3, 0.4) is 0 Å². The second kappa shape index (κ2) is 11.6. The SMILES string of the molecule is CNC(C)C(=O)CC(C(=O)N1CCCC1Cn1cc(C(C)=O)c2cc(C(F)(F)F)ccc21)C1CCCCC1. The number of fused-ring (bicyclic) bond motifs is 1. The maximum Gasteiger partial charge on any atom is 0.416 e. The molecule has 1 aromatic heterocycles. The molecular formula is C29H38F3N3O3. The van der Waals surface area contributed by atoms with Crippen LogP contribution in [0.2, 0.25) is 0 Å². The minimum atomic E-state index is -4.50. The van der Waals surface area contributed by atoms with E-state index in [9.17, 15) is 27.6 Å². The fraction of sp³-hybridized carbons (Fsp3) is 0.621. The van der Waals surface area contributed by atoms with E-state index < -0.39 is 11.7 Å². The van der Waals surface area contributed by atoms with Gasteiger partial charge in [0.2, 0.25) is 5.91 Å². The topological polar surface area (TPSA) is 71.4 Å². The number of hydrogen-bond acceptors (Lipinski definition) is 4. The summed E-state index contributed by atoms with van der Waals surface area (Å²) in [4.78, 5) is 41.1. The molecular weight excluding hydrogens is 495 g/mol. The zero-order valence-corrected chi connectivity index (χ0v) is 22.4. The average molecular weight is 534 g/mol. The Balaban J connectivity index is 1.61. The molecule has 1 aliphatic heterocycles. The molecule has 0 bridgehead atoms. The summed E-state index contributed by atoms with van der Waals surface area (Å²) in [7, 11) is 1.74. The van der Waals surface area contributed by atoms with Crippen molar-refractivity contribution >= 4 is 28.4 Å². The number of hydrogen-bond donors (Lipinski definition) is 1. The van der Waals surface area contributed by atoms with Crippen molar-refractivity contribution in [1.29, 1.82) is 0 Å². The van der Waals surface area contributed by atoms with Gasteiger partial charge in [0.25, 0.3) is 0 Å². The van der Waals surface area contributed by atoms with Crippen LogP contribution in [0.1, 0.15) is 81.1 Å². The van der Waals surface area contributed by atoms with E-state index in [2.05, 4.69) is 5.32 Å². The molecule has 3 atom stereocenters. The maximum absolute atomic E-state index is 14.0. The smallest absolute Gasteiger partial charge is 0.345 e. The van der Waals surface area contributed by atoms with Crippen molar-refractivity contribution in [2.75, 3.05) is 13.6 Å². The summed E-state index contributed by atoms with van der Waals surface area (Å²) in [6.45, 7) is 4.15. The minimum Gasteiger partial charge on any atom is -0.345 e. The number of Topliss-reactive ketones (excluding diaryl/α,β-unsaturated/α-hetero) is 2. The van der Waals surface area contributed by atoms with E-state index in [0.717, 1.165) is 57.1 Å². The Labute approximate surface area is 221 Å². The molecule has 1 N–H and O–H groups in total. The highest BCUT2D eigenvalue weighted by Gasteiger charge is 2.39. The van der Waals surface area contributed by atoms with Crippen molar-refractivity contribution in [2.45, 2.75) is 90.0 Å². The zero-order valence-electron chi connectivity index (χ0n) is 22.4. The van der Waals surface area contributed by atoms with Gasteiger partial charge in [-0.3, -0.25) is 14.4 Å². The lowest BCUT2D eigenvalue weighted by atomic mass is 9.76. The predicted molar refractivity (Wildman–Crippen MR) is 140 cm³/mol. The number of ketones is 2. The fourth-order valence-corrected chi connectivity index (χ4v) is 6.21. The van der Waals surface area contributed by atoms with Crippen LogP contribution in [0.5, 0.6) is 0 Å². The average Bonchev–Trinajstić information content (AvgIpc) is 3.51. The third-order valence-electron chi connectivity index (χ3n) is 8.53. The van der Waals surface area contributed by atoms with Crippen LogP contribution in [0.25, 0.3) is 10.9 Å². The molecule has 2 aliphatic rings. The molecule has 1 aromatic carbocycles. The van der Waals surface area contributed by atoms with Crippen LogP contribution >= 0.6 is 0 Å². The lowest BCUT2D eigenvalue weighted by molar-refractivity contribution is -0.141. The summed E-state index contributed by atoms with van der Waals surface area (Å²) in [5, 5.41) is 3.26. The van der Waals surface area contributed by atoms with Crippen LogP contribution in [0.4, 0.5) is 13.2 Å². The van der Waals surface area contributed by atoms with Gasteiger partial charge in [-0.15, -0.1) is 0 Å². The number of alkyl halides is 3. The molecule has 1 saturated heterocycles. The highest BCUT2D eigenvalue weighted by atomic mass is 19.4.